The average molecular weight is 296 g/mol. The number of imidazole rings is 1. The molecular weight excluding hydrogens is 281 g/mol. The molecule has 3 nitrogen and oxygen atoms in total. The van der Waals surface area contributed by atoms with Crippen molar-refractivity contribution in [2.45, 2.75) is 19.4 Å². The molecule has 0 fully saturated rings. The summed E-state index contributed by atoms with van der Waals surface area (Å²) < 4.78 is 2.06. The molecule has 1 heterocycles. The van der Waals surface area contributed by atoms with Gasteiger partial charge in [-0.15, -0.1) is 0 Å². The molecule has 0 spiro atoms. The Hall–Kier alpha value is -1.32. The standard InChI is InChI=1S/C14H15Cl2N3/c1-17-14(3-2-7-19-8-6-18-10-19)11-4-5-12(15)13(16)9-11/h4-6,8-10H,2-3,7H2,1H3. The van der Waals surface area contributed by atoms with E-state index in [4.69, 9.17) is 23.2 Å². The largest absolute Gasteiger partial charge is 0.337 e. The predicted octanol–water partition coefficient (Wildman–Crippen LogP) is 4.09. The molecule has 19 heavy (non-hydrogen) atoms. The van der Waals surface area contributed by atoms with Crippen molar-refractivity contribution >= 4 is 28.9 Å². The van der Waals surface area contributed by atoms with E-state index in [9.17, 15) is 0 Å². The van der Waals surface area contributed by atoms with Crippen molar-refractivity contribution < 1.29 is 0 Å². The topological polar surface area (TPSA) is 30.2 Å². The third-order valence-corrected chi connectivity index (χ3v) is 3.65. The number of nitrogens with zero attached hydrogens (tertiary/aromatic N) is 3. The van der Waals surface area contributed by atoms with Gasteiger partial charge in [0.05, 0.1) is 16.4 Å². The summed E-state index contributed by atoms with van der Waals surface area (Å²) in [6.45, 7) is 0.931. The van der Waals surface area contributed by atoms with Crippen LogP contribution in [0.3, 0.4) is 0 Å². The predicted molar refractivity (Wildman–Crippen MR) is 80.4 cm³/mol. The molecule has 5 heteroatoms. The molecule has 2 aromatic rings. The lowest BCUT2D eigenvalue weighted by Gasteiger charge is -2.08. The Morgan fingerprint density at radius 3 is 2.79 bits per heavy atom. The molecule has 0 aliphatic carbocycles. The molecule has 2 rings (SSSR count). The Morgan fingerprint density at radius 2 is 2.16 bits per heavy atom. The molecule has 0 amide bonds. The lowest BCUT2D eigenvalue weighted by Crippen LogP contribution is -2.04. The molecule has 0 radical (unpaired) electrons. The first kappa shape index (κ1) is 14.1. The maximum absolute atomic E-state index is 6.03. The van der Waals surface area contributed by atoms with Crippen LogP contribution in [0.15, 0.2) is 41.9 Å². The fraction of sp³-hybridized carbons (Fsp3) is 0.286. The van der Waals surface area contributed by atoms with Crippen LogP contribution in [-0.2, 0) is 6.54 Å². The molecule has 0 unspecified atom stereocenters. The molecule has 1 aromatic heterocycles. The van der Waals surface area contributed by atoms with Crippen LogP contribution in [0.5, 0.6) is 0 Å². The zero-order valence-electron chi connectivity index (χ0n) is 10.7. The molecule has 0 atom stereocenters. The average Bonchev–Trinajstić information content (AvgIpc) is 2.91. The Kier molecular flexibility index (Phi) is 5.00. The first-order valence-electron chi connectivity index (χ1n) is 6.07. The first-order valence-corrected chi connectivity index (χ1v) is 6.83. The molecule has 0 saturated heterocycles. The zero-order chi connectivity index (χ0) is 13.7. The van der Waals surface area contributed by atoms with Crippen molar-refractivity contribution in [3.8, 4) is 0 Å². The maximum Gasteiger partial charge on any atom is 0.0945 e. The maximum atomic E-state index is 6.03. The fourth-order valence-electron chi connectivity index (χ4n) is 1.91. The van der Waals surface area contributed by atoms with E-state index in [1.54, 1.807) is 19.3 Å². The monoisotopic (exact) mass is 295 g/mol. The van der Waals surface area contributed by atoms with Crippen LogP contribution in [0.2, 0.25) is 10.0 Å². The van der Waals surface area contributed by atoms with Crippen molar-refractivity contribution in [2.24, 2.45) is 4.99 Å². The molecule has 0 bridgehead atoms. The van der Waals surface area contributed by atoms with Gasteiger partial charge in [-0.3, -0.25) is 4.99 Å². The van der Waals surface area contributed by atoms with Crippen LogP contribution >= 0.6 is 23.2 Å². The zero-order valence-corrected chi connectivity index (χ0v) is 12.2. The van der Waals surface area contributed by atoms with Gasteiger partial charge in [-0.2, -0.15) is 0 Å². The summed E-state index contributed by atoms with van der Waals surface area (Å²) in [5.41, 5.74) is 2.07. The Bertz CT molecular complexity index is 562. The fourth-order valence-corrected chi connectivity index (χ4v) is 2.21. The SMILES string of the molecule is CN=C(CCCn1ccnc1)c1ccc(Cl)c(Cl)c1. The normalized spacial score (nSPS) is 11.8. The van der Waals surface area contributed by atoms with Gasteiger partial charge in [0.15, 0.2) is 0 Å². The number of halogens is 2. The van der Waals surface area contributed by atoms with Crippen LogP contribution in [0.25, 0.3) is 0 Å². The third kappa shape index (κ3) is 3.82. The van der Waals surface area contributed by atoms with E-state index >= 15 is 0 Å². The summed E-state index contributed by atoms with van der Waals surface area (Å²) in [5, 5.41) is 1.13. The van der Waals surface area contributed by atoms with Crippen molar-refractivity contribution in [1.29, 1.82) is 0 Å². The van der Waals surface area contributed by atoms with E-state index in [1.165, 1.54) is 0 Å². The second kappa shape index (κ2) is 6.73. The lowest BCUT2D eigenvalue weighted by molar-refractivity contribution is 0.658. The number of aromatic nitrogens is 2. The van der Waals surface area contributed by atoms with Crippen LogP contribution in [-0.4, -0.2) is 22.3 Å². The second-order valence-corrected chi connectivity index (χ2v) is 5.02. The minimum Gasteiger partial charge on any atom is -0.337 e. The summed E-state index contributed by atoms with van der Waals surface area (Å²) in [6.07, 6.45) is 7.47. The van der Waals surface area contributed by atoms with Gasteiger partial charge < -0.3 is 4.57 Å². The van der Waals surface area contributed by atoms with Gasteiger partial charge >= 0.3 is 0 Å². The number of hydrogen-bond donors (Lipinski definition) is 0. The van der Waals surface area contributed by atoms with Crippen LogP contribution in [0.4, 0.5) is 0 Å². The van der Waals surface area contributed by atoms with Crippen molar-refractivity contribution in [3.63, 3.8) is 0 Å². The van der Waals surface area contributed by atoms with Gasteiger partial charge in [0.2, 0.25) is 0 Å². The Labute approximate surface area is 122 Å². The van der Waals surface area contributed by atoms with Gasteiger partial charge in [0.1, 0.15) is 0 Å². The van der Waals surface area contributed by atoms with Crippen molar-refractivity contribution in [2.75, 3.05) is 7.05 Å². The van der Waals surface area contributed by atoms with Gasteiger partial charge in [-0.05, 0) is 30.5 Å². The summed E-state index contributed by atoms with van der Waals surface area (Å²) in [6, 6.07) is 5.62. The Morgan fingerprint density at radius 1 is 1.32 bits per heavy atom. The van der Waals surface area contributed by atoms with Crippen LogP contribution in [0.1, 0.15) is 18.4 Å². The van der Waals surface area contributed by atoms with Crippen molar-refractivity contribution in [1.82, 2.24) is 9.55 Å². The highest BCUT2D eigenvalue weighted by Crippen LogP contribution is 2.23. The minimum absolute atomic E-state index is 0.565. The van der Waals surface area contributed by atoms with Crippen LogP contribution < -0.4 is 0 Å². The van der Waals surface area contributed by atoms with Gasteiger partial charge in [-0.25, -0.2) is 4.98 Å². The molecule has 0 N–H and O–H groups in total. The van der Waals surface area contributed by atoms with E-state index in [0.717, 1.165) is 30.7 Å². The van der Waals surface area contributed by atoms with E-state index in [1.807, 2.05) is 24.7 Å². The van der Waals surface area contributed by atoms with E-state index in [-0.39, 0.29) is 0 Å². The van der Waals surface area contributed by atoms with E-state index in [0.29, 0.717) is 10.0 Å². The number of benzene rings is 1. The molecule has 0 aliphatic rings. The number of aliphatic imine (C=N–C) groups is 1. The summed E-state index contributed by atoms with van der Waals surface area (Å²) >= 11 is 11.9. The van der Waals surface area contributed by atoms with Gasteiger partial charge in [0.25, 0.3) is 0 Å². The highest BCUT2D eigenvalue weighted by atomic mass is 35.5. The highest BCUT2D eigenvalue weighted by Gasteiger charge is 2.06. The number of aryl methyl sites for hydroxylation is 1. The van der Waals surface area contributed by atoms with Gasteiger partial charge in [0, 0.05) is 31.7 Å². The smallest absolute Gasteiger partial charge is 0.0945 e. The first-order chi connectivity index (χ1) is 9.20. The third-order valence-electron chi connectivity index (χ3n) is 2.91. The summed E-state index contributed by atoms with van der Waals surface area (Å²) in [4.78, 5) is 8.36. The van der Waals surface area contributed by atoms with E-state index < -0.39 is 0 Å². The molecule has 100 valence electrons. The lowest BCUT2D eigenvalue weighted by atomic mass is 10.1. The summed E-state index contributed by atoms with van der Waals surface area (Å²) in [7, 11) is 1.80. The number of rotatable bonds is 5. The molecule has 0 saturated carbocycles. The number of hydrogen-bond acceptors (Lipinski definition) is 2. The molecule has 0 aliphatic heterocycles. The minimum atomic E-state index is 0.565. The highest BCUT2D eigenvalue weighted by molar-refractivity contribution is 6.42. The Balaban J connectivity index is 1.98. The van der Waals surface area contributed by atoms with Crippen LogP contribution in [0, 0.1) is 0 Å². The van der Waals surface area contributed by atoms with Gasteiger partial charge in [-0.1, -0.05) is 29.3 Å². The second-order valence-electron chi connectivity index (χ2n) is 4.20. The van der Waals surface area contributed by atoms with E-state index in [2.05, 4.69) is 14.5 Å². The molecule has 1 aromatic carbocycles. The summed E-state index contributed by atoms with van der Waals surface area (Å²) in [5.74, 6) is 0. The molecular formula is C14H15Cl2N3. The van der Waals surface area contributed by atoms with Crippen molar-refractivity contribution in [3.05, 3.63) is 52.5 Å². The quantitative estimate of drug-likeness (QED) is 0.764.